The SMILES string of the molecule is O=C(Nc1cc(S(=O)(=O)[O-])cc2cc(SOO[O-])c(N=Nc3ccc(N=Nc4c(S(=O)(=O)[O-])cc5cc(SOO[O-])cc(NC(=O)c6cccc(Cl)c6Cl)c5c4O)cc3)c(O)c12)c1cc(Cl)cc(Cl)c1.[Na+].[Na+].[Na+].[Na+]. The first kappa shape index (κ1) is 66.5. The zero-order valence-electron chi connectivity index (χ0n) is 37.8. The van der Waals surface area contributed by atoms with E-state index in [0.29, 0.717) is 12.0 Å². The number of nitrogens with zero attached hydrogens (tertiary/aromatic N) is 4. The average Bonchev–Trinajstić information content (AvgIpc) is 3.29. The molecule has 0 aliphatic heterocycles. The van der Waals surface area contributed by atoms with E-state index in [9.17, 15) is 56.3 Å². The number of aromatic hydroxyl groups is 2. The molecular formula is C40H20Cl4N6Na4O16S4. The first-order valence-corrected chi connectivity index (χ1v) is 24.3. The van der Waals surface area contributed by atoms with E-state index in [0.717, 1.165) is 24.3 Å². The van der Waals surface area contributed by atoms with Crippen LogP contribution in [0.15, 0.2) is 137 Å². The van der Waals surface area contributed by atoms with Crippen molar-refractivity contribution in [2.75, 3.05) is 10.6 Å². The van der Waals surface area contributed by atoms with Gasteiger partial charge in [-0.1, -0.05) is 52.5 Å². The molecule has 0 atom stereocenters. The molecule has 0 fully saturated rings. The number of amides is 2. The Kier molecular flexibility index (Phi) is 26.0. The van der Waals surface area contributed by atoms with Gasteiger partial charge >= 0.3 is 118 Å². The summed E-state index contributed by atoms with van der Waals surface area (Å²) in [5.41, 5.74) is -2.10. The first-order valence-electron chi connectivity index (χ1n) is 18.5. The van der Waals surface area contributed by atoms with Gasteiger partial charge in [0.05, 0.1) is 77.1 Å². The summed E-state index contributed by atoms with van der Waals surface area (Å²) in [5.74, 6) is -3.46. The second kappa shape index (κ2) is 28.9. The molecule has 0 radical (unpaired) electrons. The normalized spacial score (nSPS) is 11.5. The summed E-state index contributed by atoms with van der Waals surface area (Å²) in [7, 11) is -10.6. The fourth-order valence-corrected chi connectivity index (χ4v) is 9.44. The summed E-state index contributed by atoms with van der Waals surface area (Å²) < 4.78 is 82.9. The number of halogens is 4. The fraction of sp³-hybridized carbons (Fsp3) is 0. The predicted octanol–water partition coefficient (Wildman–Crippen LogP) is -2.36. The third-order valence-corrected chi connectivity index (χ3v) is 13.4. The van der Waals surface area contributed by atoms with E-state index < -0.39 is 70.4 Å². The van der Waals surface area contributed by atoms with Crippen LogP contribution in [0.25, 0.3) is 21.5 Å². The fourth-order valence-electron chi connectivity index (χ4n) is 6.41. The molecule has 0 saturated heterocycles. The molecule has 0 unspecified atom stereocenters. The second-order valence-electron chi connectivity index (χ2n) is 13.7. The van der Waals surface area contributed by atoms with Crippen LogP contribution in [-0.4, -0.2) is 48.0 Å². The van der Waals surface area contributed by atoms with Gasteiger partial charge in [0.15, 0.2) is 11.5 Å². The second-order valence-corrected chi connectivity index (χ2v) is 19.6. The maximum Gasteiger partial charge on any atom is 1.00 e. The van der Waals surface area contributed by atoms with E-state index >= 15 is 0 Å². The number of azo groups is 2. The summed E-state index contributed by atoms with van der Waals surface area (Å²) in [6.45, 7) is 0. The van der Waals surface area contributed by atoms with Gasteiger partial charge in [-0.25, -0.2) is 16.8 Å². The number of rotatable bonds is 16. The smallest absolute Gasteiger partial charge is 0.744 e. The van der Waals surface area contributed by atoms with Crippen molar-refractivity contribution < 1.29 is 193 Å². The van der Waals surface area contributed by atoms with Gasteiger partial charge in [-0.2, -0.15) is 18.9 Å². The van der Waals surface area contributed by atoms with Crippen LogP contribution < -0.4 is 139 Å². The van der Waals surface area contributed by atoms with Crippen molar-refractivity contribution in [2.45, 2.75) is 19.6 Å². The van der Waals surface area contributed by atoms with Gasteiger partial charge in [0.1, 0.15) is 31.6 Å². The van der Waals surface area contributed by atoms with Crippen molar-refractivity contribution in [3.8, 4) is 11.5 Å². The molecule has 7 aromatic rings. The van der Waals surface area contributed by atoms with Crippen molar-refractivity contribution in [3.63, 3.8) is 0 Å². The number of hydrogen-bond acceptors (Lipinski definition) is 22. The van der Waals surface area contributed by atoms with Crippen LogP contribution in [0, 0.1) is 0 Å². The number of fused-ring (bicyclic) bond motifs is 2. The molecule has 0 spiro atoms. The molecule has 362 valence electrons. The molecule has 2 amide bonds. The van der Waals surface area contributed by atoms with Crippen LogP contribution in [0.3, 0.4) is 0 Å². The third-order valence-electron chi connectivity index (χ3n) is 9.31. The quantitative estimate of drug-likeness (QED) is 0.0196. The van der Waals surface area contributed by atoms with E-state index in [1.54, 1.807) is 0 Å². The van der Waals surface area contributed by atoms with Crippen LogP contribution in [0.1, 0.15) is 20.7 Å². The Bertz CT molecular complexity index is 3560. The topological polar surface area (TPSA) is 346 Å². The molecule has 0 bridgehead atoms. The predicted molar refractivity (Wildman–Crippen MR) is 247 cm³/mol. The van der Waals surface area contributed by atoms with Gasteiger partial charge in [-0.05, 0) is 102 Å². The maximum atomic E-state index is 13.4. The number of phenols is 2. The molecule has 0 heterocycles. The Balaban J connectivity index is 0.00000361. The van der Waals surface area contributed by atoms with Crippen LogP contribution >= 0.6 is 70.5 Å². The van der Waals surface area contributed by atoms with E-state index in [2.05, 4.69) is 49.8 Å². The van der Waals surface area contributed by atoms with Gasteiger partial charge in [-0.3, -0.25) is 19.7 Å². The summed E-state index contributed by atoms with van der Waals surface area (Å²) in [6, 6.07) is 19.2. The van der Waals surface area contributed by atoms with Crippen LogP contribution in [0.4, 0.5) is 34.1 Å². The van der Waals surface area contributed by atoms with Crippen LogP contribution in [-0.2, 0) is 39.0 Å². The van der Waals surface area contributed by atoms with Gasteiger partial charge in [0, 0.05) is 31.3 Å². The zero-order valence-corrected chi connectivity index (χ0v) is 52.1. The molecule has 7 rings (SSSR count). The Morgan fingerprint density at radius 1 is 0.595 bits per heavy atom. The minimum Gasteiger partial charge on any atom is -0.744 e. The number of carbonyl (C=O) groups excluding carboxylic acids is 2. The van der Waals surface area contributed by atoms with Crippen LogP contribution in [0.2, 0.25) is 20.1 Å². The Hall–Kier alpha value is -1.76. The number of hydrogen-bond donors (Lipinski definition) is 4. The summed E-state index contributed by atoms with van der Waals surface area (Å²) in [4.78, 5) is 24.6. The zero-order chi connectivity index (χ0) is 50.7. The molecule has 34 heteroatoms. The minimum atomic E-state index is -5.42. The Morgan fingerprint density at radius 2 is 1.12 bits per heavy atom. The molecular weight excluding hydrogens is 1180 g/mol. The summed E-state index contributed by atoms with van der Waals surface area (Å²) in [5, 5.41) is 71.4. The van der Waals surface area contributed by atoms with Crippen molar-refractivity contribution in [3.05, 3.63) is 128 Å². The third kappa shape index (κ3) is 16.2. The van der Waals surface area contributed by atoms with Crippen molar-refractivity contribution >= 4 is 158 Å². The van der Waals surface area contributed by atoms with E-state index in [1.165, 1.54) is 72.8 Å². The Morgan fingerprint density at radius 3 is 1.69 bits per heavy atom. The van der Waals surface area contributed by atoms with Crippen molar-refractivity contribution in [1.82, 2.24) is 0 Å². The van der Waals surface area contributed by atoms with Crippen molar-refractivity contribution in [2.24, 2.45) is 20.5 Å². The minimum absolute atomic E-state index is 0. The maximum absolute atomic E-state index is 13.4. The summed E-state index contributed by atoms with van der Waals surface area (Å²) >= 11 is 24.9. The molecule has 0 aromatic heterocycles. The van der Waals surface area contributed by atoms with E-state index in [4.69, 9.17) is 46.4 Å². The number of benzene rings is 7. The largest absolute Gasteiger partial charge is 1.00 e. The van der Waals surface area contributed by atoms with E-state index in [1.807, 2.05) is 0 Å². The number of carbonyl (C=O) groups is 2. The molecule has 74 heavy (non-hydrogen) atoms. The number of nitrogens with one attached hydrogen (secondary N) is 2. The first-order chi connectivity index (χ1) is 33.2. The number of anilines is 2. The van der Waals surface area contributed by atoms with Gasteiger partial charge < -0.3 is 40.5 Å². The average molecular weight is 1200 g/mol. The molecule has 0 aliphatic carbocycles. The van der Waals surface area contributed by atoms with Crippen LogP contribution in [0.5, 0.6) is 11.5 Å². The number of phenolic OH excluding ortho intramolecular Hbond substituents is 2. The molecule has 22 nitrogen and oxygen atoms in total. The molecule has 0 aliphatic rings. The van der Waals surface area contributed by atoms with Gasteiger partial charge in [0.25, 0.3) is 11.8 Å². The monoisotopic (exact) mass is 1200 g/mol. The van der Waals surface area contributed by atoms with Gasteiger partial charge in [-0.15, -0.1) is 10.2 Å². The standard InChI is InChI=1S/C40H24Cl4N6O16S4.4Na/c41-20-8-19(9-21(42)14-20)39(53)45-29-16-25(69(57,58)59)11-18-12-30(68-66-64-56)35(37(51)33(18)29)49-47-22-4-6-23(7-5-22)48-50-36-31(70(60,61)62)13-17-10-24(67-65-63-55)15-28(32(17)38(36)52)46-40(54)26-2-1-3-27(43)34(26)44;;;;/h1-16,51-52,55-56H,(H,45,53)(H,46,54)(H,57,58,59)(H,60,61,62);;;;/q;4*+1/p-4. The molecule has 4 N–H and O–H groups in total. The molecule has 0 saturated carbocycles. The van der Waals surface area contributed by atoms with E-state index in [-0.39, 0.29) is 210 Å². The molecule has 7 aromatic carbocycles. The van der Waals surface area contributed by atoms with Gasteiger partial charge in [0.2, 0.25) is 0 Å². The van der Waals surface area contributed by atoms with Crippen molar-refractivity contribution in [1.29, 1.82) is 0 Å². The Labute approximate surface area is 534 Å². The summed E-state index contributed by atoms with van der Waals surface area (Å²) in [6.07, 6.45) is 0.